The summed E-state index contributed by atoms with van der Waals surface area (Å²) in [6.45, 7) is 4.41. The van der Waals surface area contributed by atoms with E-state index in [0.717, 1.165) is 29.0 Å². The molecule has 6 heteroatoms. The second-order valence-corrected chi connectivity index (χ2v) is 9.13. The van der Waals surface area contributed by atoms with Crippen molar-refractivity contribution < 1.29 is 23.8 Å². The normalized spacial score (nSPS) is 21.9. The second kappa shape index (κ2) is 11.0. The van der Waals surface area contributed by atoms with Crippen molar-refractivity contribution >= 4 is 17.5 Å². The van der Waals surface area contributed by atoms with Crippen LogP contribution in [0, 0.1) is 5.92 Å². The maximum atomic E-state index is 13.7. The third-order valence-electron chi connectivity index (χ3n) is 7.03. The van der Waals surface area contributed by atoms with E-state index >= 15 is 0 Å². The lowest BCUT2D eigenvalue weighted by Crippen LogP contribution is -2.41. The molecule has 0 saturated heterocycles. The highest BCUT2D eigenvalue weighted by atomic mass is 16.6. The molecule has 0 amide bonds. The maximum absolute atomic E-state index is 13.7. The van der Waals surface area contributed by atoms with Gasteiger partial charge in [0.2, 0.25) is 0 Å². The van der Waals surface area contributed by atoms with Gasteiger partial charge in [-0.2, -0.15) is 0 Å². The number of nitrogens with zero attached hydrogens (tertiary/aromatic N) is 1. The van der Waals surface area contributed by atoms with E-state index in [1.165, 1.54) is 5.56 Å². The first kappa shape index (κ1) is 24.9. The van der Waals surface area contributed by atoms with Gasteiger partial charge in [-0.25, -0.2) is 4.79 Å². The number of carbonyl (C=O) groups is 2. The Kier molecular flexibility index (Phi) is 7.81. The van der Waals surface area contributed by atoms with Crippen molar-refractivity contribution in [1.29, 1.82) is 0 Å². The molecule has 0 bridgehead atoms. The fraction of sp³-hybridized carbons (Fsp3) is 0.414. The Labute approximate surface area is 207 Å². The summed E-state index contributed by atoms with van der Waals surface area (Å²) < 4.78 is 15.8. The smallest absolute Gasteiger partial charge is 0.336 e. The predicted octanol–water partition coefficient (Wildman–Crippen LogP) is 5.02. The number of methoxy groups -OCH3 is 2. The average Bonchev–Trinajstić information content (AvgIpc) is 2.88. The predicted molar refractivity (Wildman–Crippen MR) is 135 cm³/mol. The minimum atomic E-state index is -0.467. The first-order valence-electron chi connectivity index (χ1n) is 12.2. The highest BCUT2D eigenvalue weighted by Crippen LogP contribution is 2.46. The van der Waals surface area contributed by atoms with Crippen LogP contribution in [0.15, 0.2) is 64.8 Å². The Morgan fingerprint density at radius 1 is 0.943 bits per heavy atom. The molecule has 4 rings (SSSR count). The van der Waals surface area contributed by atoms with Gasteiger partial charge in [0.15, 0.2) is 0 Å². The van der Waals surface area contributed by atoms with Crippen LogP contribution in [-0.4, -0.2) is 44.9 Å². The summed E-state index contributed by atoms with van der Waals surface area (Å²) in [7, 11) is 3.20. The molecule has 1 saturated carbocycles. The molecule has 0 radical (unpaired) electrons. The third-order valence-corrected chi connectivity index (χ3v) is 7.03. The summed E-state index contributed by atoms with van der Waals surface area (Å²) in [4.78, 5) is 31.7. The van der Waals surface area contributed by atoms with Crippen LogP contribution in [0.1, 0.15) is 55.2 Å². The average molecular weight is 476 g/mol. The number of aliphatic imine (C=N–C) groups is 1. The van der Waals surface area contributed by atoms with Crippen LogP contribution in [0.2, 0.25) is 0 Å². The van der Waals surface area contributed by atoms with Crippen LogP contribution in [0.25, 0.3) is 0 Å². The van der Waals surface area contributed by atoms with Gasteiger partial charge in [0.05, 0.1) is 25.2 Å². The summed E-state index contributed by atoms with van der Waals surface area (Å²) in [6.07, 6.45) is 2.00. The molecule has 2 aromatic carbocycles. The fourth-order valence-electron chi connectivity index (χ4n) is 5.17. The van der Waals surface area contributed by atoms with E-state index in [2.05, 4.69) is 19.1 Å². The molecular weight excluding hydrogens is 442 g/mol. The third kappa shape index (κ3) is 5.22. The van der Waals surface area contributed by atoms with E-state index in [-0.39, 0.29) is 18.3 Å². The van der Waals surface area contributed by atoms with Gasteiger partial charge in [-0.1, -0.05) is 43.3 Å². The van der Waals surface area contributed by atoms with E-state index in [4.69, 9.17) is 19.2 Å². The van der Waals surface area contributed by atoms with Crippen LogP contribution in [0.3, 0.4) is 0 Å². The van der Waals surface area contributed by atoms with E-state index in [1.54, 1.807) is 14.2 Å². The molecule has 2 aromatic rings. The largest absolute Gasteiger partial charge is 0.497 e. The van der Waals surface area contributed by atoms with Crippen molar-refractivity contribution in [2.45, 2.75) is 44.9 Å². The molecule has 1 aliphatic carbocycles. The molecule has 0 N–H and O–H groups in total. The lowest BCUT2D eigenvalue weighted by Gasteiger charge is -2.38. The summed E-state index contributed by atoms with van der Waals surface area (Å²) in [5.41, 5.74) is 5.17. The number of hydrogen-bond donors (Lipinski definition) is 0. The van der Waals surface area contributed by atoms with E-state index in [0.29, 0.717) is 30.7 Å². The van der Waals surface area contributed by atoms with E-state index in [9.17, 15) is 9.59 Å². The summed E-state index contributed by atoms with van der Waals surface area (Å²) >= 11 is 0. The maximum Gasteiger partial charge on any atom is 0.336 e. The highest BCUT2D eigenvalue weighted by Gasteiger charge is 2.46. The Hall–Kier alpha value is -3.25. The van der Waals surface area contributed by atoms with Crippen LogP contribution < -0.4 is 4.74 Å². The Morgan fingerprint density at radius 2 is 1.63 bits per heavy atom. The molecule has 3 atom stereocenters. The van der Waals surface area contributed by atoms with Gasteiger partial charge < -0.3 is 14.2 Å². The van der Waals surface area contributed by atoms with Crippen molar-refractivity contribution in [3.8, 4) is 5.75 Å². The highest BCUT2D eigenvalue weighted by molar-refractivity contribution is 6.12. The molecule has 0 spiro atoms. The number of aryl methyl sites for hydroxylation is 1. The fourth-order valence-corrected chi connectivity index (χ4v) is 5.17. The molecule has 1 aliphatic heterocycles. The molecular formula is C29H33NO5. The topological polar surface area (TPSA) is 74.2 Å². The summed E-state index contributed by atoms with van der Waals surface area (Å²) in [6, 6.07) is 16.1. The van der Waals surface area contributed by atoms with Gasteiger partial charge in [0.1, 0.15) is 18.1 Å². The Bertz CT molecular complexity index is 1130. The van der Waals surface area contributed by atoms with Crippen LogP contribution >= 0.6 is 0 Å². The van der Waals surface area contributed by atoms with E-state index < -0.39 is 17.8 Å². The van der Waals surface area contributed by atoms with Gasteiger partial charge in [0.25, 0.3) is 0 Å². The van der Waals surface area contributed by atoms with Crippen molar-refractivity contribution in [1.82, 2.24) is 0 Å². The zero-order chi connectivity index (χ0) is 24.9. The number of carbonyl (C=O) groups excluding carboxylic acids is 2. The number of rotatable bonds is 8. The number of Topliss-reactive ketones (excluding diaryl/α,β-unsaturated/α-hetero) is 1. The number of ketones is 1. The first-order chi connectivity index (χ1) is 17.0. The lowest BCUT2D eigenvalue weighted by atomic mass is 9.66. The minimum Gasteiger partial charge on any atom is -0.497 e. The zero-order valence-electron chi connectivity index (χ0n) is 20.9. The number of allylic oxidation sites excluding steroid dienone is 1. The second-order valence-electron chi connectivity index (χ2n) is 9.13. The zero-order valence-corrected chi connectivity index (χ0v) is 20.9. The minimum absolute atomic E-state index is 0.0505. The Balaban J connectivity index is 1.72. The quantitative estimate of drug-likeness (QED) is 0.396. The SMILES string of the molecule is CCc1ccc([C@@H]2C(C(=O)OCCOC)=C(C)N=C3C[C@@H](c4ccc(OC)cc4)CC(=O)C32)cc1. The molecule has 6 nitrogen and oxygen atoms in total. The first-order valence-corrected chi connectivity index (χ1v) is 12.2. The number of benzene rings is 2. The lowest BCUT2D eigenvalue weighted by molar-refractivity contribution is -0.140. The number of hydrogen-bond acceptors (Lipinski definition) is 6. The molecule has 1 unspecified atom stereocenters. The van der Waals surface area contributed by atoms with Crippen molar-refractivity contribution in [3.63, 3.8) is 0 Å². The Morgan fingerprint density at radius 3 is 2.26 bits per heavy atom. The van der Waals surface area contributed by atoms with Crippen LogP contribution in [0.4, 0.5) is 0 Å². The van der Waals surface area contributed by atoms with Gasteiger partial charge >= 0.3 is 5.97 Å². The molecule has 1 heterocycles. The molecule has 0 aromatic heterocycles. The van der Waals surface area contributed by atoms with Gasteiger partial charge in [0, 0.05) is 30.9 Å². The van der Waals surface area contributed by atoms with Gasteiger partial charge in [-0.05, 0) is 54.5 Å². The number of esters is 1. The summed E-state index contributed by atoms with van der Waals surface area (Å²) in [5, 5.41) is 0. The van der Waals surface area contributed by atoms with Crippen molar-refractivity contribution in [2.75, 3.05) is 27.4 Å². The molecule has 1 fully saturated rings. The standard InChI is InChI=1S/C29H33NO5/c1-5-19-6-8-21(9-7-19)27-26(29(32)35-15-14-33-3)18(2)30-24-16-22(17-25(31)28(24)27)20-10-12-23(34-4)13-11-20/h6-13,22,27-28H,5,14-17H2,1-4H3/t22-,27-,28?/m1/s1. The number of fused-ring (bicyclic) bond motifs is 1. The molecule has 2 aliphatic rings. The molecule has 35 heavy (non-hydrogen) atoms. The van der Waals surface area contributed by atoms with E-state index in [1.807, 2.05) is 43.3 Å². The monoisotopic (exact) mass is 475 g/mol. The van der Waals surface area contributed by atoms with Crippen LogP contribution in [0.5, 0.6) is 5.75 Å². The van der Waals surface area contributed by atoms with Crippen molar-refractivity contribution in [2.24, 2.45) is 10.9 Å². The van der Waals surface area contributed by atoms with Crippen molar-refractivity contribution in [3.05, 3.63) is 76.5 Å². The number of ether oxygens (including phenoxy) is 3. The van der Waals surface area contributed by atoms with Crippen LogP contribution in [-0.2, 0) is 25.5 Å². The summed E-state index contributed by atoms with van der Waals surface area (Å²) in [5.74, 6) is -0.366. The van der Waals surface area contributed by atoms with Gasteiger partial charge in [-0.15, -0.1) is 0 Å². The molecule has 184 valence electrons. The van der Waals surface area contributed by atoms with Gasteiger partial charge in [-0.3, -0.25) is 9.79 Å².